The van der Waals surface area contributed by atoms with Gasteiger partial charge in [0.25, 0.3) is 0 Å². The van der Waals surface area contributed by atoms with Crippen LogP contribution in [0.15, 0.2) is 55.0 Å². The summed E-state index contributed by atoms with van der Waals surface area (Å²) in [5.74, 6) is -2.75. The highest BCUT2D eigenvalue weighted by atomic mass is 32.2. The molecule has 4 aromatic rings. The summed E-state index contributed by atoms with van der Waals surface area (Å²) in [6.07, 6.45) is 6.33. The van der Waals surface area contributed by atoms with Crippen LogP contribution in [-0.2, 0) is 26.8 Å². The van der Waals surface area contributed by atoms with E-state index in [9.17, 15) is 27.5 Å². The van der Waals surface area contributed by atoms with Crippen LogP contribution in [0.4, 0.5) is 4.39 Å². The number of rotatable bonds is 9. The van der Waals surface area contributed by atoms with Gasteiger partial charge in [0.1, 0.15) is 11.5 Å². The van der Waals surface area contributed by atoms with E-state index in [0.717, 1.165) is 18.0 Å². The Kier molecular flexibility index (Phi) is 7.25. The zero-order valence-corrected chi connectivity index (χ0v) is 20.9. The Balaban J connectivity index is 1.69. The SMILES string of the molecule is C/C(=C\C(=O)NCCc1c[nH]cn1)c1cccc2c(-c3ccc(CS(C)(=O)=O)c(F)c3)c(C(=O)O)[nH]c12. The number of nitrogens with zero attached hydrogens (tertiary/aromatic N) is 1. The number of carbonyl (C=O) groups excluding carboxylic acids is 1. The second kappa shape index (κ2) is 10.4. The normalized spacial score (nSPS) is 12.1. The lowest BCUT2D eigenvalue weighted by molar-refractivity contribution is -0.116. The summed E-state index contributed by atoms with van der Waals surface area (Å²) >= 11 is 0. The summed E-state index contributed by atoms with van der Waals surface area (Å²) in [5.41, 5.74) is 2.93. The number of hydrogen-bond donors (Lipinski definition) is 4. The van der Waals surface area contributed by atoms with E-state index in [0.29, 0.717) is 35.0 Å². The van der Waals surface area contributed by atoms with E-state index < -0.39 is 27.4 Å². The van der Waals surface area contributed by atoms with Crippen molar-refractivity contribution in [2.75, 3.05) is 12.8 Å². The minimum absolute atomic E-state index is 0.000679. The number of aromatic amines is 2. The maximum absolute atomic E-state index is 14.8. The number of aromatic carboxylic acids is 1. The Morgan fingerprint density at radius 3 is 2.65 bits per heavy atom. The molecule has 0 aliphatic heterocycles. The molecule has 0 radical (unpaired) electrons. The number of fused-ring (bicyclic) bond motifs is 1. The number of allylic oxidation sites excluding steroid dienone is 1. The number of carbonyl (C=O) groups is 2. The highest BCUT2D eigenvalue weighted by Crippen LogP contribution is 2.36. The first kappa shape index (κ1) is 25.8. The van der Waals surface area contributed by atoms with Crippen LogP contribution < -0.4 is 5.32 Å². The van der Waals surface area contributed by atoms with Crippen molar-refractivity contribution in [1.82, 2.24) is 20.3 Å². The number of aromatic nitrogens is 3. The molecule has 0 atom stereocenters. The van der Waals surface area contributed by atoms with E-state index in [-0.39, 0.29) is 28.3 Å². The predicted molar refractivity (Wildman–Crippen MR) is 138 cm³/mol. The van der Waals surface area contributed by atoms with Gasteiger partial charge in [-0.2, -0.15) is 0 Å². The number of H-pyrrole nitrogens is 2. The average Bonchev–Trinajstić information content (AvgIpc) is 3.47. The zero-order chi connectivity index (χ0) is 26.7. The maximum Gasteiger partial charge on any atom is 0.352 e. The van der Waals surface area contributed by atoms with E-state index >= 15 is 0 Å². The molecule has 1 amide bonds. The Morgan fingerprint density at radius 1 is 1.22 bits per heavy atom. The van der Waals surface area contributed by atoms with Gasteiger partial charge in [-0.25, -0.2) is 22.6 Å². The number of sulfone groups is 1. The number of benzene rings is 2. The summed E-state index contributed by atoms with van der Waals surface area (Å²) in [7, 11) is -3.45. The van der Waals surface area contributed by atoms with Crippen molar-refractivity contribution >= 4 is 38.2 Å². The highest BCUT2D eigenvalue weighted by Gasteiger charge is 2.22. The van der Waals surface area contributed by atoms with Crippen LogP contribution in [0.25, 0.3) is 27.6 Å². The first-order chi connectivity index (χ1) is 17.5. The molecule has 2 aromatic carbocycles. The first-order valence-corrected chi connectivity index (χ1v) is 13.4. The molecule has 37 heavy (non-hydrogen) atoms. The van der Waals surface area contributed by atoms with Gasteiger partial charge in [-0.3, -0.25) is 4.79 Å². The van der Waals surface area contributed by atoms with E-state index in [4.69, 9.17) is 0 Å². The van der Waals surface area contributed by atoms with Gasteiger partial charge in [-0.15, -0.1) is 0 Å². The van der Waals surface area contributed by atoms with Crippen LogP contribution in [0, 0.1) is 5.82 Å². The van der Waals surface area contributed by atoms with Crippen molar-refractivity contribution in [2.24, 2.45) is 0 Å². The fourth-order valence-corrected chi connectivity index (χ4v) is 4.97. The van der Waals surface area contributed by atoms with Gasteiger partial charge >= 0.3 is 5.97 Å². The third-order valence-electron chi connectivity index (χ3n) is 5.81. The van der Waals surface area contributed by atoms with Gasteiger partial charge < -0.3 is 20.4 Å². The molecule has 0 spiro atoms. The molecule has 0 bridgehead atoms. The maximum atomic E-state index is 14.8. The summed E-state index contributed by atoms with van der Waals surface area (Å²) in [6.45, 7) is 2.14. The van der Waals surface area contributed by atoms with Crippen molar-refractivity contribution in [2.45, 2.75) is 19.1 Å². The van der Waals surface area contributed by atoms with Crippen LogP contribution >= 0.6 is 0 Å². The van der Waals surface area contributed by atoms with Crippen molar-refractivity contribution < 1.29 is 27.5 Å². The minimum Gasteiger partial charge on any atom is -0.477 e. The Bertz CT molecular complexity index is 1620. The Labute approximate surface area is 212 Å². The van der Waals surface area contributed by atoms with Gasteiger partial charge in [0.15, 0.2) is 9.84 Å². The average molecular weight is 525 g/mol. The molecule has 4 N–H and O–H groups in total. The largest absolute Gasteiger partial charge is 0.477 e. The molecule has 0 aliphatic carbocycles. The molecule has 2 aromatic heterocycles. The lowest BCUT2D eigenvalue weighted by Crippen LogP contribution is -2.23. The number of hydrogen-bond acceptors (Lipinski definition) is 5. The van der Waals surface area contributed by atoms with Crippen molar-refractivity contribution in [3.8, 4) is 11.1 Å². The molecule has 0 fully saturated rings. The molecular formula is C26H25FN4O5S. The molecule has 192 valence electrons. The first-order valence-electron chi connectivity index (χ1n) is 11.3. The molecule has 0 saturated heterocycles. The topological polar surface area (TPSA) is 145 Å². The van der Waals surface area contributed by atoms with Gasteiger partial charge in [-0.05, 0) is 24.1 Å². The van der Waals surface area contributed by atoms with Gasteiger partial charge in [0, 0.05) is 53.6 Å². The van der Waals surface area contributed by atoms with Crippen LogP contribution in [0.3, 0.4) is 0 Å². The monoisotopic (exact) mass is 524 g/mol. The molecule has 0 saturated carbocycles. The van der Waals surface area contributed by atoms with Gasteiger partial charge in [0.2, 0.25) is 5.91 Å². The molecule has 9 nitrogen and oxygen atoms in total. The van der Waals surface area contributed by atoms with Crippen LogP contribution in [0.2, 0.25) is 0 Å². The predicted octanol–water partition coefficient (Wildman–Crippen LogP) is 3.70. The molecule has 4 rings (SSSR count). The second-order valence-electron chi connectivity index (χ2n) is 8.71. The highest BCUT2D eigenvalue weighted by molar-refractivity contribution is 7.89. The van der Waals surface area contributed by atoms with Gasteiger partial charge in [-0.1, -0.05) is 30.3 Å². The second-order valence-corrected chi connectivity index (χ2v) is 10.9. The zero-order valence-electron chi connectivity index (χ0n) is 20.1. The smallest absolute Gasteiger partial charge is 0.352 e. The fourth-order valence-electron chi connectivity index (χ4n) is 4.18. The Hall–Kier alpha value is -4.25. The third kappa shape index (κ3) is 5.95. The number of nitrogens with one attached hydrogen (secondary N) is 3. The minimum atomic E-state index is -3.45. The summed E-state index contributed by atoms with van der Waals surface area (Å²) in [4.78, 5) is 34.4. The van der Waals surface area contributed by atoms with E-state index in [2.05, 4.69) is 20.3 Å². The third-order valence-corrected chi connectivity index (χ3v) is 6.65. The molecular weight excluding hydrogens is 499 g/mol. The van der Waals surface area contributed by atoms with Crippen LogP contribution in [-0.4, -0.2) is 53.2 Å². The Morgan fingerprint density at radius 2 is 2.00 bits per heavy atom. The molecule has 2 heterocycles. The van der Waals surface area contributed by atoms with Gasteiger partial charge in [0.05, 0.1) is 23.3 Å². The number of carboxylic acids is 1. The number of amides is 1. The van der Waals surface area contributed by atoms with E-state index in [1.54, 1.807) is 37.6 Å². The van der Waals surface area contributed by atoms with E-state index in [1.165, 1.54) is 18.2 Å². The van der Waals surface area contributed by atoms with Crippen molar-refractivity contribution in [3.63, 3.8) is 0 Å². The molecule has 0 unspecified atom stereocenters. The number of imidazole rings is 1. The fraction of sp³-hybridized carbons (Fsp3) is 0.192. The van der Waals surface area contributed by atoms with Crippen molar-refractivity contribution in [3.05, 3.63) is 83.3 Å². The molecule has 11 heteroatoms. The van der Waals surface area contributed by atoms with Crippen LogP contribution in [0.1, 0.15) is 34.2 Å². The number of carboxylic acid groups (broad SMARTS) is 1. The number of para-hydroxylation sites is 1. The quantitative estimate of drug-likeness (QED) is 0.246. The lowest BCUT2D eigenvalue weighted by Gasteiger charge is -2.08. The van der Waals surface area contributed by atoms with Crippen LogP contribution in [0.5, 0.6) is 0 Å². The summed E-state index contributed by atoms with van der Waals surface area (Å²) in [5, 5.41) is 13.2. The molecule has 0 aliphatic rings. The number of halogens is 1. The summed E-state index contributed by atoms with van der Waals surface area (Å²) in [6, 6.07) is 9.17. The lowest BCUT2D eigenvalue weighted by atomic mass is 9.97. The standard InChI is InChI=1S/C26H25FN4O5S/c1-15(10-22(32)29-9-8-18-12-28-14-30-18)19-4-3-5-20-23(25(26(33)34)31-24(19)20)16-6-7-17(21(27)11-16)13-37(2,35)36/h3-7,10-12,14,31H,8-9,13H2,1-2H3,(H,28,30)(H,29,32)(H,33,34)/b15-10+. The van der Waals surface area contributed by atoms with Crippen molar-refractivity contribution in [1.29, 1.82) is 0 Å². The van der Waals surface area contributed by atoms with E-state index in [1.807, 2.05) is 0 Å². The summed E-state index contributed by atoms with van der Waals surface area (Å²) < 4.78 is 37.9.